The first-order valence-electron chi connectivity index (χ1n) is 17.3. The van der Waals surface area contributed by atoms with Gasteiger partial charge in [-0.05, 0) is 184 Å². The second-order valence-corrected chi connectivity index (χ2v) is 20.4. The molecule has 49 heavy (non-hydrogen) atoms. The van der Waals surface area contributed by atoms with Crippen molar-refractivity contribution in [1.29, 1.82) is 0 Å². The number of rotatable bonds is 7. The van der Waals surface area contributed by atoms with E-state index < -0.39 is 58.0 Å². The van der Waals surface area contributed by atoms with Gasteiger partial charge in [-0.3, -0.25) is 14.1 Å². The molecule has 0 spiro atoms. The summed E-state index contributed by atoms with van der Waals surface area (Å²) in [5, 5.41) is 0. The summed E-state index contributed by atoms with van der Waals surface area (Å²) >= 11 is 6.47. The molecule has 1 saturated heterocycles. The van der Waals surface area contributed by atoms with Crippen LogP contribution in [0.15, 0.2) is 29.2 Å². The molecule has 9 rings (SSSR count). The van der Waals surface area contributed by atoms with Crippen molar-refractivity contribution in [2.75, 3.05) is 0 Å². The maximum Gasteiger partial charge on any atom is 0.339 e. The Hall–Kier alpha value is -1.05. The first-order chi connectivity index (χ1) is 23.4. The van der Waals surface area contributed by atoms with Crippen molar-refractivity contribution in [2.45, 2.75) is 86.7 Å². The molecule has 6 aliphatic carbocycles. The third-order valence-electron chi connectivity index (χ3n) is 13.1. The molecule has 12 unspecified atom stereocenters. The van der Waals surface area contributed by atoms with Crippen molar-refractivity contribution in [1.82, 2.24) is 0 Å². The second-order valence-electron chi connectivity index (χ2n) is 15.5. The largest absolute Gasteiger partial charge is 0.458 e. The zero-order chi connectivity index (χ0) is 34.1. The van der Waals surface area contributed by atoms with Crippen LogP contribution in [-0.4, -0.2) is 43.1 Å². The Bertz CT molecular complexity index is 1870. The summed E-state index contributed by atoms with van der Waals surface area (Å²) in [6, 6.07) is 7.09. The summed E-state index contributed by atoms with van der Waals surface area (Å²) in [5.41, 5.74) is 1.57. The van der Waals surface area contributed by atoms with Gasteiger partial charge in [-0.1, -0.05) is 12.8 Å². The van der Waals surface area contributed by atoms with Crippen LogP contribution in [0.2, 0.25) is 0 Å². The van der Waals surface area contributed by atoms with Crippen molar-refractivity contribution >= 4 is 95.8 Å². The monoisotopic (exact) mass is 1020 g/mol. The number of carbonyl (C=O) groups excluding carboxylic acids is 3. The van der Waals surface area contributed by atoms with Gasteiger partial charge in [-0.15, -0.1) is 0 Å². The second kappa shape index (κ2) is 12.3. The van der Waals surface area contributed by atoms with E-state index in [4.69, 9.17) is 14.2 Å². The van der Waals surface area contributed by atoms with Gasteiger partial charge in [-0.25, -0.2) is 4.79 Å². The number of hydrogen-bond acceptors (Lipinski definition) is 8. The van der Waals surface area contributed by atoms with Crippen LogP contribution in [0.4, 0.5) is 0 Å². The molecule has 0 amide bonds. The average molecular weight is 1020 g/mol. The lowest BCUT2D eigenvalue weighted by molar-refractivity contribution is -0.149. The van der Waals surface area contributed by atoms with Crippen LogP contribution in [0.3, 0.4) is 0 Å². The van der Waals surface area contributed by atoms with Gasteiger partial charge in [0.05, 0.1) is 17.4 Å². The van der Waals surface area contributed by atoms with E-state index in [9.17, 15) is 27.4 Å². The molecule has 12 atom stereocenters. The quantitative estimate of drug-likeness (QED) is 0.0986. The molecule has 6 bridgehead atoms. The standard InChI is InChI=1S/C36H35I3O9S/c37-18-9-26(30(39)27(38)10-18)34(40)47-31-24-13-25-29(36(42)48-32(25)31)28(24)35(41)46-19-11-22(20-7-14-1-3-16(20)5-14)33(49(43,44)45)23(12-19)21-8-15-2-4-17(21)6-15/h9-12,14-17,20-21,24-25,28-29,31-32H,1-8,13H2,(H,43,44,45). The summed E-state index contributed by atoms with van der Waals surface area (Å²) < 4.78 is 57.7. The lowest BCUT2D eigenvalue weighted by Gasteiger charge is -2.31. The molecule has 13 heteroatoms. The Balaban J connectivity index is 1.05. The number of ether oxygens (including phenoxy) is 3. The molecule has 7 fully saturated rings. The molecule has 6 saturated carbocycles. The van der Waals surface area contributed by atoms with Crippen molar-refractivity contribution in [3.63, 3.8) is 0 Å². The van der Waals surface area contributed by atoms with Crippen molar-refractivity contribution in [3.05, 3.63) is 51.7 Å². The summed E-state index contributed by atoms with van der Waals surface area (Å²) in [4.78, 5) is 41.0. The Morgan fingerprint density at radius 2 is 1.47 bits per heavy atom. The van der Waals surface area contributed by atoms with E-state index in [-0.39, 0.29) is 28.4 Å². The number of carbonyl (C=O) groups is 3. The van der Waals surface area contributed by atoms with Gasteiger partial charge in [0.2, 0.25) is 0 Å². The minimum atomic E-state index is -4.56. The van der Waals surface area contributed by atoms with Crippen LogP contribution in [0.5, 0.6) is 5.75 Å². The number of halogens is 3. The Morgan fingerprint density at radius 3 is 2.02 bits per heavy atom. The lowest BCUT2D eigenvalue weighted by Crippen LogP contribution is -2.44. The fraction of sp³-hybridized carbons (Fsp3) is 0.583. The Morgan fingerprint density at radius 1 is 0.837 bits per heavy atom. The predicted octanol–water partition coefficient (Wildman–Crippen LogP) is 7.49. The molecule has 260 valence electrons. The van der Waals surface area contributed by atoms with E-state index in [0.29, 0.717) is 46.8 Å². The highest BCUT2D eigenvalue weighted by molar-refractivity contribution is 14.1. The minimum absolute atomic E-state index is 0.0244. The summed E-state index contributed by atoms with van der Waals surface area (Å²) in [6.07, 6.45) is 7.22. The van der Waals surface area contributed by atoms with E-state index >= 15 is 0 Å². The molecular formula is C36H35I3O9S. The zero-order valence-electron chi connectivity index (χ0n) is 26.4. The van der Waals surface area contributed by atoms with Gasteiger partial charge >= 0.3 is 17.9 Å². The minimum Gasteiger partial charge on any atom is -0.458 e. The van der Waals surface area contributed by atoms with Gasteiger partial charge in [0.25, 0.3) is 10.1 Å². The van der Waals surface area contributed by atoms with Gasteiger partial charge < -0.3 is 14.2 Å². The third kappa shape index (κ3) is 5.53. The molecule has 1 N–H and O–H groups in total. The van der Waals surface area contributed by atoms with E-state index in [1.165, 1.54) is 0 Å². The van der Waals surface area contributed by atoms with Crippen molar-refractivity contribution in [3.8, 4) is 5.75 Å². The molecule has 1 heterocycles. The van der Waals surface area contributed by atoms with Crippen LogP contribution < -0.4 is 4.74 Å². The third-order valence-corrected chi connectivity index (χ3v) is 17.8. The zero-order valence-corrected chi connectivity index (χ0v) is 33.6. The van der Waals surface area contributed by atoms with Gasteiger partial charge in [0.15, 0.2) is 0 Å². The van der Waals surface area contributed by atoms with Crippen LogP contribution in [0.1, 0.15) is 91.1 Å². The molecule has 0 radical (unpaired) electrons. The van der Waals surface area contributed by atoms with Crippen LogP contribution in [-0.2, 0) is 29.2 Å². The summed E-state index contributed by atoms with van der Waals surface area (Å²) in [7, 11) is -4.56. The first-order valence-corrected chi connectivity index (χ1v) is 22.0. The van der Waals surface area contributed by atoms with Gasteiger partial charge in [-0.2, -0.15) is 8.42 Å². The van der Waals surface area contributed by atoms with Gasteiger partial charge in [0, 0.05) is 22.5 Å². The highest BCUT2D eigenvalue weighted by Crippen LogP contribution is 2.60. The maximum absolute atomic E-state index is 14.2. The topological polar surface area (TPSA) is 133 Å². The fourth-order valence-corrected chi connectivity index (χ4v) is 14.7. The Labute approximate surface area is 325 Å². The van der Waals surface area contributed by atoms with Crippen LogP contribution in [0.25, 0.3) is 0 Å². The van der Waals surface area contributed by atoms with E-state index in [2.05, 4.69) is 67.8 Å². The van der Waals surface area contributed by atoms with Crippen LogP contribution >= 0.6 is 67.8 Å². The molecule has 1 aliphatic heterocycles. The average Bonchev–Trinajstić information content (AvgIpc) is 3.90. The van der Waals surface area contributed by atoms with E-state index in [0.717, 1.165) is 62.1 Å². The lowest BCUT2D eigenvalue weighted by atomic mass is 9.78. The maximum atomic E-state index is 14.2. The molecule has 2 aromatic carbocycles. The van der Waals surface area contributed by atoms with Crippen LogP contribution in [0, 0.1) is 58.1 Å². The molecular weight excluding hydrogens is 989 g/mol. The molecule has 7 aliphatic rings. The molecule has 2 aromatic rings. The fourth-order valence-electron chi connectivity index (χ4n) is 11.3. The molecule has 0 aromatic heterocycles. The SMILES string of the molecule is O=C(OC1C2CC3C1OC(=O)C3C2C(=O)Oc1cc(C2CC3CCC2C3)c(S(=O)(=O)O)c(C2CC3CCC2C3)c1)c1cc(I)cc(I)c1I. The number of esters is 3. The smallest absolute Gasteiger partial charge is 0.339 e. The molecule has 9 nitrogen and oxygen atoms in total. The summed E-state index contributed by atoms with van der Waals surface area (Å²) in [5.74, 6) is -1.90. The highest BCUT2D eigenvalue weighted by atomic mass is 127. The number of hydrogen-bond donors (Lipinski definition) is 1. The van der Waals surface area contributed by atoms with Gasteiger partial charge in [0.1, 0.15) is 22.9 Å². The summed E-state index contributed by atoms with van der Waals surface area (Å²) in [6.45, 7) is 0. The van der Waals surface area contributed by atoms with Crippen molar-refractivity contribution < 1.29 is 41.6 Å². The normalized spacial score (nSPS) is 38.0. The number of benzene rings is 2. The first kappa shape index (κ1) is 33.8. The highest BCUT2D eigenvalue weighted by Gasteiger charge is 2.70. The van der Waals surface area contributed by atoms with Crippen molar-refractivity contribution in [2.24, 2.45) is 47.3 Å². The van der Waals surface area contributed by atoms with E-state index in [1.54, 1.807) is 18.2 Å². The predicted molar refractivity (Wildman–Crippen MR) is 201 cm³/mol. The number of fused-ring (bicyclic) bond motifs is 5. The Kier molecular flexibility index (Phi) is 8.44. The van der Waals surface area contributed by atoms with E-state index in [1.807, 2.05) is 6.07 Å².